The Kier molecular flexibility index (Phi) is 4.00. The Labute approximate surface area is 112 Å². The number of H-pyrrole nitrogens is 1. The number of aromatic nitrogens is 2. The highest BCUT2D eigenvalue weighted by atomic mass is 16.5. The fourth-order valence-corrected chi connectivity index (χ4v) is 1.70. The third kappa shape index (κ3) is 3.22. The highest BCUT2D eigenvalue weighted by Gasteiger charge is 2.17. The Bertz CT molecular complexity index is 559. The zero-order valence-corrected chi connectivity index (χ0v) is 11.4. The van der Waals surface area contributed by atoms with E-state index in [1.54, 1.807) is 0 Å². The number of nitrogens with one attached hydrogen (secondary N) is 1. The molecule has 0 fully saturated rings. The Balaban J connectivity index is 2.07. The summed E-state index contributed by atoms with van der Waals surface area (Å²) in [5.41, 5.74) is 1.85. The van der Waals surface area contributed by atoms with Crippen LogP contribution in [0.25, 0.3) is 0 Å². The zero-order valence-electron chi connectivity index (χ0n) is 11.4. The molecule has 1 heterocycles. The van der Waals surface area contributed by atoms with Crippen molar-refractivity contribution in [2.45, 2.75) is 27.4 Å². The van der Waals surface area contributed by atoms with E-state index in [-0.39, 0.29) is 11.7 Å². The molecule has 2 rings (SSSR count). The zero-order chi connectivity index (χ0) is 13.8. The molecule has 19 heavy (non-hydrogen) atoms. The number of ketones is 1. The van der Waals surface area contributed by atoms with E-state index in [2.05, 4.69) is 9.97 Å². The lowest BCUT2D eigenvalue weighted by Gasteiger charge is -2.03. The van der Waals surface area contributed by atoms with Crippen LogP contribution < -0.4 is 4.74 Å². The van der Waals surface area contributed by atoms with E-state index in [0.717, 1.165) is 11.3 Å². The molecule has 0 atom stereocenters. The minimum Gasteiger partial charge on any atom is -0.472 e. The number of aryl methyl sites for hydroxylation is 1. The molecule has 0 aliphatic carbocycles. The summed E-state index contributed by atoms with van der Waals surface area (Å²) < 4.78 is 5.64. The highest BCUT2D eigenvalue weighted by molar-refractivity contribution is 5.94. The molecule has 0 saturated heterocycles. The van der Waals surface area contributed by atoms with E-state index < -0.39 is 0 Å². The fourth-order valence-electron chi connectivity index (χ4n) is 1.70. The van der Waals surface area contributed by atoms with Gasteiger partial charge in [0.05, 0.1) is 5.69 Å². The molecule has 0 saturated carbocycles. The lowest BCUT2D eigenvalue weighted by atomic mass is 10.1. The molecule has 1 N–H and O–H groups in total. The van der Waals surface area contributed by atoms with Crippen LogP contribution >= 0.6 is 0 Å². The summed E-state index contributed by atoms with van der Waals surface area (Å²) in [7, 11) is 0. The van der Waals surface area contributed by atoms with Gasteiger partial charge < -0.3 is 9.72 Å². The monoisotopic (exact) mass is 258 g/mol. The standard InChI is InChI=1S/C15H18N2O2/c1-10(2)13(18)14-16-11(3)15(17-14)19-9-12-7-5-4-6-8-12/h4-8,10H,9H2,1-3H3,(H,16,17). The van der Waals surface area contributed by atoms with Gasteiger partial charge in [0.2, 0.25) is 11.7 Å². The first-order valence-electron chi connectivity index (χ1n) is 6.35. The largest absolute Gasteiger partial charge is 0.472 e. The third-order valence-electron chi connectivity index (χ3n) is 2.82. The SMILES string of the molecule is Cc1[nH]c(C(=O)C(C)C)nc1OCc1ccccc1. The smallest absolute Gasteiger partial charge is 0.235 e. The second-order valence-electron chi connectivity index (χ2n) is 4.81. The summed E-state index contributed by atoms with van der Waals surface area (Å²) in [6.07, 6.45) is 0. The summed E-state index contributed by atoms with van der Waals surface area (Å²) in [6.45, 7) is 6.00. The topological polar surface area (TPSA) is 55.0 Å². The number of carbonyl (C=O) groups is 1. The average Bonchev–Trinajstić information content (AvgIpc) is 2.78. The van der Waals surface area contributed by atoms with Gasteiger partial charge in [0.15, 0.2) is 5.82 Å². The number of benzene rings is 1. The van der Waals surface area contributed by atoms with E-state index in [9.17, 15) is 4.79 Å². The number of carbonyl (C=O) groups excluding carboxylic acids is 1. The molecule has 0 aliphatic rings. The first-order chi connectivity index (χ1) is 9.08. The van der Waals surface area contributed by atoms with Crippen LogP contribution in [-0.2, 0) is 6.61 Å². The van der Waals surface area contributed by atoms with Crippen molar-refractivity contribution >= 4 is 5.78 Å². The van der Waals surface area contributed by atoms with Crippen LogP contribution in [0.5, 0.6) is 5.88 Å². The Morgan fingerprint density at radius 3 is 2.63 bits per heavy atom. The molecule has 1 aromatic heterocycles. The van der Waals surface area contributed by atoms with E-state index >= 15 is 0 Å². The van der Waals surface area contributed by atoms with Crippen molar-refractivity contribution in [3.05, 3.63) is 47.4 Å². The van der Waals surface area contributed by atoms with E-state index in [4.69, 9.17) is 4.74 Å². The molecule has 2 aromatic rings. The van der Waals surface area contributed by atoms with E-state index in [1.807, 2.05) is 51.1 Å². The number of rotatable bonds is 5. The first kappa shape index (κ1) is 13.3. The van der Waals surface area contributed by atoms with Gasteiger partial charge in [-0.1, -0.05) is 44.2 Å². The fraction of sp³-hybridized carbons (Fsp3) is 0.333. The quantitative estimate of drug-likeness (QED) is 0.838. The van der Waals surface area contributed by atoms with Crippen molar-refractivity contribution in [1.29, 1.82) is 0 Å². The number of imidazole rings is 1. The summed E-state index contributed by atoms with van der Waals surface area (Å²) >= 11 is 0. The number of aromatic amines is 1. The van der Waals surface area contributed by atoms with Crippen molar-refractivity contribution in [3.8, 4) is 5.88 Å². The van der Waals surface area contributed by atoms with Crippen LogP contribution in [0.3, 0.4) is 0 Å². The molecule has 0 radical (unpaired) electrons. The third-order valence-corrected chi connectivity index (χ3v) is 2.82. The van der Waals surface area contributed by atoms with Gasteiger partial charge in [-0.2, -0.15) is 4.98 Å². The Hall–Kier alpha value is -2.10. The maximum Gasteiger partial charge on any atom is 0.235 e. The highest BCUT2D eigenvalue weighted by Crippen LogP contribution is 2.17. The van der Waals surface area contributed by atoms with Gasteiger partial charge in [-0.25, -0.2) is 0 Å². The van der Waals surface area contributed by atoms with Crippen LogP contribution in [0.2, 0.25) is 0 Å². The van der Waals surface area contributed by atoms with Crippen LogP contribution in [0.15, 0.2) is 30.3 Å². The molecule has 4 heteroatoms. The number of nitrogens with zero attached hydrogens (tertiary/aromatic N) is 1. The summed E-state index contributed by atoms with van der Waals surface area (Å²) in [6, 6.07) is 9.86. The molecule has 0 amide bonds. The van der Waals surface area contributed by atoms with Gasteiger partial charge in [-0.3, -0.25) is 4.79 Å². The Morgan fingerprint density at radius 1 is 1.32 bits per heavy atom. The van der Waals surface area contributed by atoms with Gasteiger partial charge in [0.25, 0.3) is 0 Å². The second kappa shape index (κ2) is 5.69. The second-order valence-corrected chi connectivity index (χ2v) is 4.81. The maximum absolute atomic E-state index is 11.8. The lowest BCUT2D eigenvalue weighted by molar-refractivity contribution is 0.0929. The van der Waals surface area contributed by atoms with Gasteiger partial charge in [0.1, 0.15) is 6.61 Å². The van der Waals surface area contributed by atoms with Gasteiger partial charge >= 0.3 is 0 Å². The van der Waals surface area contributed by atoms with Crippen molar-refractivity contribution < 1.29 is 9.53 Å². The number of ether oxygens (including phenoxy) is 1. The normalized spacial score (nSPS) is 10.7. The van der Waals surface area contributed by atoms with Crippen LogP contribution in [0.1, 0.15) is 35.7 Å². The van der Waals surface area contributed by atoms with Crippen molar-refractivity contribution in [3.63, 3.8) is 0 Å². The van der Waals surface area contributed by atoms with Crippen LogP contribution in [0.4, 0.5) is 0 Å². The van der Waals surface area contributed by atoms with E-state index in [0.29, 0.717) is 18.3 Å². The molecule has 4 nitrogen and oxygen atoms in total. The lowest BCUT2D eigenvalue weighted by Crippen LogP contribution is -2.09. The molecule has 0 aliphatic heterocycles. The molecular weight excluding hydrogens is 240 g/mol. The summed E-state index contributed by atoms with van der Waals surface area (Å²) in [4.78, 5) is 19.0. The molecule has 0 spiro atoms. The van der Waals surface area contributed by atoms with Crippen molar-refractivity contribution in [2.75, 3.05) is 0 Å². The predicted molar refractivity (Wildman–Crippen MR) is 73.3 cm³/mol. The van der Waals surface area contributed by atoms with Gasteiger partial charge in [0, 0.05) is 5.92 Å². The van der Waals surface area contributed by atoms with Crippen LogP contribution in [0, 0.1) is 12.8 Å². The molecular formula is C15H18N2O2. The van der Waals surface area contributed by atoms with Crippen molar-refractivity contribution in [2.24, 2.45) is 5.92 Å². The molecule has 1 aromatic carbocycles. The first-order valence-corrected chi connectivity index (χ1v) is 6.35. The summed E-state index contributed by atoms with van der Waals surface area (Å²) in [5.74, 6) is 0.786. The van der Waals surface area contributed by atoms with Gasteiger partial charge in [-0.15, -0.1) is 0 Å². The minimum absolute atomic E-state index is 0.00217. The number of hydrogen-bond donors (Lipinski definition) is 1. The Morgan fingerprint density at radius 2 is 2.00 bits per heavy atom. The average molecular weight is 258 g/mol. The minimum atomic E-state index is -0.0764. The van der Waals surface area contributed by atoms with Crippen LogP contribution in [-0.4, -0.2) is 15.8 Å². The van der Waals surface area contributed by atoms with E-state index in [1.165, 1.54) is 0 Å². The van der Waals surface area contributed by atoms with Gasteiger partial charge in [-0.05, 0) is 12.5 Å². The predicted octanol–water partition coefficient (Wildman–Crippen LogP) is 3.14. The molecule has 0 bridgehead atoms. The maximum atomic E-state index is 11.8. The molecule has 0 unspecified atom stereocenters. The van der Waals surface area contributed by atoms with Crippen molar-refractivity contribution in [1.82, 2.24) is 9.97 Å². The number of Topliss-reactive ketones (excluding diaryl/α,β-unsaturated/α-hetero) is 1. The molecule has 100 valence electrons. The number of hydrogen-bond acceptors (Lipinski definition) is 3. The summed E-state index contributed by atoms with van der Waals surface area (Å²) in [5, 5.41) is 0.